The number of halogens is 1. The van der Waals surface area contributed by atoms with E-state index in [1.54, 1.807) is 13.4 Å². The molecule has 0 bridgehead atoms. The molecule has 0 saturated heterocycles. The summed E-state index contributed by atoms with van der Waals surface area (Å²) in [5.41, 5.74) is 2.34. The Kier molecular flexibility index (Phi) is 3.86. The molecule has 2 aromatic carbocycles. The van der Waals surface area contributed by atoms with Gasteiger partial charge in [-0.05, 0) is 41.8 Å². The third-order valence-corrected chi connectivity index (χ3v) is 4.63. The van der Waals surface area contributed by atoms with Gasteiger partial charge in [-0.1, -0.05) is 35.9 Å². The number of hydrogen-bond acceptors (Lipinski definition) is 4. The quantitative estimate of drug-likeness (QED) is 0.780. The van der Waals surface area contributed by atoms with E-state index in [0.717, 1.165) is 28.7 Å². The summed E-state index contributed by atoms with van der Waals surface area (Å²) in [6, 6.07) is 16.3. The summed E-state index contributed by atoms with van der Waals surface area (Å²) < 4.78 is 7.30. The zero-order valence-corrected chi connectivity index (χ0v) is 13.9. The molecule has 1 aromatic heterocycles. The van der Waals surface area contributed by atoms with Crippen LogP contribution in [0.1, 0.15) is 29.6 Å². The molecular formula is C18H17ClN4O. The van der Waals surface area contributed by atoms with Crippen molar-refractivity contribution in [1.82, 2.24) is 14.8 Å². The molecular weight excluding hydrogens is 324 g/mol. The Balaban J connectivity index is 1.72. The van der Waals surface area contributed by atoms with Crippen LogP contribution in [0, 0.1) is 0 Å². The van der Waals surface area contributed by atoms with Crippen LogP contribution >= 0.6 is 11.6 Å². The first kappa shape index (κ1) is 15.0. The molecule has 1 aliphatic heterocycles. The predicted octanol–water partition coefficient (Wildman–Crippen LogP) is 4.09. The Morgan fingerprint density at radius 3 is 2.79 bits per heavy atom. The van der Waals surface area contributed by atoms with Crippen LogP contribution in [0.3, 0.4) is 0 Å². The van der Waals surface area contributed by atoms with Gasteiger partial charge in [0.2, 0.25) is 5.95 Å². The number of ether oxygens (including phenoxy) is 1. The average molecular weight is 341 g/mol. The summed E-state index contributed by atoms with van der Waals surface area (Å²) in [7, 11) is 1.68. The third kappa shape index (κ3) is 2.71. The molecule has 5 nitrogen and oxygen atoms in total. The smallest absolute Gasteiger partial charge is 0.222 e. The van der Waals surface area contributed by atoms with Crippen molar-refractivity contribution < 1.29 is 4.74 Å². The highest BCUT2D eigenvalue weighted by Gasteiger charge is 2.30. The molecule has 6 heteroatoms. The lowest BCUT2D eigenvalue weighted by Crippen LogP contribution is -2.28. The Labute approximate surface area is 145 Å². The fraction of sp³-hybridized carbons (Fsp3) is 0.222. The van der Waals surface area contributed by atoms with Crippen molar-refractivity contribution in [2.75, 3.05) is 12.4 Å². The van der Waals surface area contributed by atoms with Crippen molar-refractivity contribution in [3.63, 3.8) is 0 Å². The second-order valence-electron chi connectivity index (χ2n) is 5.80. The molecule has 24 heavy (non-hydrogen) atoms. The number of hydrogen-bond donors (Lipinski definition) is 1. The minimum Gasteiger partial charge on any atom is -0.497 e. The van der Waals surface area contributed by atoms with E-state index < -0.39 is 0 Å². The van der Waals surface area contributed by atoms with Crippen LogP contribution in [0.5, 0.6) is 5.75 Å². The maximum absolute atomic E-state index is 6.01. The van der Waals surface area contributed by atoms with Crippen molar-refractivity contribution in [3.05, 3.63) is 71.0 Å². The molecule has 0 radical (unpaired) electrons. The first-order valence-electron chi connectivity index (χ1n) is 7.80. The molecule has 1 aliphatic rings. The van der Waals surface area contributed by atoms with Crippen LogP contribution in [0.4, 0.5) is 5.95 Å². The number of nitrogens with one attached hydrogen (secondary N) is 1. The molecule has 2 heterocycles. The van der Waals surface area contributed by atoms with E-state index in [1.807, 2.05) is 28.9 Å². The highest BCUT2D eigenvalue weighted by molar-refractivity contribution is 6.30. The van der Waals surface area contributed by atoms with Crippen LogP contribution < -0.4 is 10.1 Å². The van der Waals surface area contributed by atoms with Gasteiger partial charge in [-0.25, -0.2) is 4.68 Å². The van der Waals surface area contributed by atoms with Crippen molar-refractivity contribution in [1.29, 1.82) is 0 Å². The Hall–Kier alpha value is -2.53. The lowest BCUT2D eigenvalue weighted by molar-refractivity contribution is 0.406. The molecule has 0 amide bonds. The second kappa shape index (κ2) is 6.17. The van der Waals surface area contributed by atoms with Gasteiger partial charge in [-0.15, -0.1) is 0 Å². The molecule has 0 fully saturated rings. The normalized spacial score (nSPS) is 19.4. The molecule has 122 valence electrons. The monoisotopic (exact) mass is 340 g/mol. The number of aromatic nitrogens is 3. The van der Waals surface area contributed by atoms with E-state index in [4.69, 9.17) is 16.3 Å². The maximum Gasteiger partial charge on any atom is 0.222 e. The zero-order valence-electron chi connectivity index (χ0n) is 13.2. The first-order chi connectivity index (χ1) is 11.7. The van der Waals surface area contributed by atoms with Crippen molar-refractivity contribution in [3.8, 4) is 5.75 Å². The Bertz CT molecular complexity index is 846. The van der Waals surface area contributed by atoms with E-state index in [0.29, 0.717) is 0 Å². The van der Waals surface area contributed by atoms with Crippen molar-refractivity contribution >= 4 is 17.5 Å². The Morgan fingerprint density at radius 1 is 1.17 bits per heavy atom. The summed E-state index contributed by atoms with van der Waals surface area (Å²) in [6.45, 7) is 0. The van der Waals surface area contributed by atoms with E-state index in [9.17, 15) is 0 Å². The van der Waals surface area contributed by atoms with Gasteiger partial charge < -0.3 is 10.1 Å². The molecule has 2 unspecified atom stereocenters. The van der Waals surface area contributed by atoms with Gasteiger partial charge in [-0.2, -0.15) is 10.1 Å². The summed E-state index contributed by atoms with van der Waals surface area (Å²) in [6.07, 6.45) is 2.45. The van der Waals surface area contributed by atoms with Crippen LogP contribution in [0.25, 0.3) is 0 Å². The Morgan fingerprint density at radius 2 is 2.00 bits per heavy atom. The minimum atomic E-state index is 0.0968. The van der Waals surface area contributed by atoms with Crippen molar-refractivity contribution in [2.24, 2.45) is 0 Å². The lowest BCUT2D eigenvalue weighted by atomic mass is 9.93. The zero-order chi connectivity index (χ0) is 16.5. The van der Waals surface area contributed by atoms with Crippen LogP contribution in [-0.2, 0) is 0 Å². The van der Waals surface area contributed by atoms with E-state index in [-0.39, 0.29) is 12.1 Å². The van der Waals surface area contributed by atoms with Gasteiger partial charge >= 0.3 is 0 Å². The molecule has 2 atom stereocenters. The first-order valence-corrected chi connectivity index (χ1v) is 8.18. The molecule has 1 N–H and O–H groups in total. The van der Waals surface area contributed by atoms with Gasteiger partial charge in [-0.3, -0.25) is 0 Å². The van der Waals surface area contributed by atoms with Gasteiger partial charge in [0.1, 0.15) is 12.1 Å². The van der Waals surface area contributed by atoms with E-state index in [2.05, 4.69) is 39.7 Å². The number of nitrogens with zero attached hydrogens (tertiary/aromatic N) is 3. The summed E-state index contributed by atoms with van der Waals surface area (Å²) >= 11 is 6.01. The SMILES string of the molecule is COc1cccc(C2CC(c3ccc(Cl)cc3)Nc3ncnn32)c1. The number of methoxy groups -OCH3 is 1. The van der Waals surface area contributed by atoms with Gasteiger partial charge in [0, 0.05) is 5.02 Å². The standard InChI is InChI=1S/C18H17ClN4O/c1-24-15-4-2-3-13(9-15)17-10-16(12-5-7-14(19)8-6-12)22-18-20-11-21-23(17)18/h2-9,11,16-17H,10H2,1H3,(H,20,21,22). The summed E-state index contributed by atoms with van der Waals surface area (Å²) in [5, 5.41) is 8.59. The largest absolute Gasteiger partial charge is 0.497 e. The van der Waals surface area contributed by atoms with Gasteiger partial charge in [0.15, 0.2) is 0 Å². The molecule has 0 saturated carbocycles. The van der Waals surface area contributed by atoms with Gasteiger partial charge in [0.05, 0.1) is 19.2 Å². The number of benzene rings is 2. The highest BCUT2D eigenvalue weighted by Crippen LogP contribution is 2.38. The molecule has 0 spiro atoms. The fourth-order valence-corrected chi connectivity index (χ4v) is 3.29. The molecule has 3 aromatic rings. The number of anilines is 1. The van der Waals surface area contributed by atoms with Crippen LogP contribution in [-0.4, -0.2) is 21.9 Å². The lowest BCUT2D eigenvalue weighted by Gasteiger charge is -2.32. The van der Waals surface area contributed by atoms with Crippen LogP contribution in [0.2, 0.25) is 5.02 Å². The summed E-state index contributed by atoms with van der Waals surface area (Å²) in [5.74, 6) is 1.62. The van der Waals surface area contributed by atoms with Crippen LogP contribution in [0.15, 0.2) is 54.9 Å². The van der Waals surface area contributed by atoms with Gasteiger partial charge in [0.25, 0.3) is 0 Å². The molecule has 4 rings (SSSR count). The minimum absolute atomic E-state index is 0.0968. The summed E-state index contributed by atoms with van der Waals surface area (Å²) in [4.78, 5) is 4.35. The molecule has 0 aliphatic carbocycles. The topological polar surface area (TPSA) is 52.0 Å². The average Bonchev–Trinajstić information content (AvgIpc) is 3.10. The fourth-order valence-electron chi connectivity index (χ4n) is 3.16. The van der Waals surface area contributed by atoms with Crippen molar-refractivity contribution in [2.45, 2.75) is 18.5 Å². The van der Waals surface area contributed by atoms with E-state index in [1.165, 1.54) is 5.56 Å². The highest BCUT2D eigenvalue weighted by atomic mass is 35.5. The maximum atomic E-state index is 6.01. The number of fused-ring (bicyclic) bond motifs is 1. The second-order valence-corrected chi connectivity index (χ2v) is 6.24. The third-order valence-electron chi connectivity index (χ3n) is 4.38. The van der Waals surface area contributed by atoms with E-state index >= 15 is 0 Å². The number of rotatable bonds is 3. The predicted molar refractivity (Wildman–Crippen MR) is 93.6 cm³/mol.